The highest BCUT2D eigenvalue weighted by molar-refractivity contribution is 7.99. The number of benzene rings is 1. The maximum absolute atomic E-state index is 8.65. The van der Waals surface area contributed by atoms with Gasteiger partial charge in [-0.1, -0.05) is 12.1 Å². The molecule has 1 aromatic carbocycles. The van der Waals surface area contributed by atoms with Gasteiger partial charge in [0.25, 0.3) is 0 Å². The van der Waals surface area contributed by atoms with Gasteiger partial charge in [0.05, 0.1) is 10.2 Å². The van der Waals surface area contributed by atoms with E-state index in [1.807, 2.05) is 17.8 Å². The molecule has 1 aromatic heterocycles. The zero-order chi connectivity index (χ0) is 12.6. The van der Waals surface area contributed by atoms with Gasteiger partial charge in [-0.05, 0) is 24.3 Å². The van der Waals surface area contributed by atoms with Crippen LogP contribution in [0.2, 0.25) is 0 Å². The Morgan fingerprint density at radius 2 is 2.17 bits per heavy atom. The number of rotatable bonds is 8. The van der Waals surface area contributed by atoms with E-state index in [0.717, 1.165) is 41.5 Å². The first kappa shape index (κ1) is 13.8. The lowest BCUT2D eigenvalue weighted by molar-refractivity contribution is 0.296. The van der Waals surface area contributed by atoms with Crippen LogP contribution >= 0.6 is 23.1 Å². The maximum Gasteiger partial charge on any atom is 0.108 e. The second kappa shape index (κ2) is 7.74. The molecule has 0 unspecified atom stereocenters. The molecule has 0 fully saturated rings. The number of aliphatic hydroxyl groups excluding tert-OH is 1. The second-order valence-corrected chi connectivity index (χ2v) is 6.28. The Bertz CT molecular complexity index is 440. The van der Waals surface area contributed by atoms with Gasteiger partial charge in [0, 0.05) is 25.4 Å². The van der Waals surface area contributed by atoms with Crippen molar-refractivity contribution in [3.8, 4) is 0 Å². The topological polar surface area (TPSA) is 45.1 Å². The van der Waals surface area contributed by atoms with E-state index in [2.05, 4.69) is 28.5 Å². The van der Waals surface area contributed by atoms with Crippen LogP contribution in [0.5, 0.6) is 0 Å². The monoisotopic (exact) mass is 282 g/mol. The molecule has 98 valence electrons. The Hall–Kier alpha value is -0.620. The van der Waals surface area contributed by atoms with E-state index in [1.165, 1.54) is 4.70 Å². The number of thioether (sulfide) groups is 1. The molecule has 2 rings (SSSR count). The highest BCUT2D eigenvalue weighted by Gasteiger charge is 2.01. The molecule has 0 aliphatic rings. The lowest BCUT2D eigenvalue weighted by Crippen LogP contribution is -2.16. The van der Waals surface area contributed by atoms with Crippen molar-refractivity contribution in [1.82, 2.24) is 10.3 Å². The molecule has 0 aliphatic carbocycles. The first-order valence-corrected chi connectivity index (χ1v) is 8.11. The highest BCUT2D eigenvalue weighted by atomic mass is 32.2. The van der Waals surface area contributed by atoms with Gasteiger partial charge in [-0.2, -0.15) is 11.8 Å². The molecule has 0 saturated heterocycles. The molecule has 0 amide bonds. The number of hydrogen-bond acceptors (Lipinski definition) is 5. The van der Waals surface area contributed by atoms with E-state index < -0.39 is 0 Å². The number of aromatic nitrogens is 1. The Morgan fingerprint density at radius 3 is 3.00 bits per heavy atom. The molecule has 1 heterocycles. The molecular formula is C13H18N2OS2. The smallest absolute Gasteiger partial charge is 0.108 e. The van der Waals surface area contributed by atoms with E-state index in [4.69, 9.17) is 5.11 Å². The van der Waals surface area contributed by atoms with Crippen molar-refractivity contribution in [2.24, 2.45) is 0 Å². The third-order valence-electron chi connectivity index (χ3n) is 2.48. The first-order valence-electron chi connectivity index (χ1n) is 6.14. The first-order chi connectivity index (χ1) is 8.90. The van der Waals surface area contributed by atoms with Crippen molar-refractivity contribution < 1.29 is 5.11 Å². The van der Waals surface area contributed by atoms with Crippen LogP contribution in [0, 0.1) is 0 Å². The largest absolute Gasteiger partial charge is 0.396 e. The molecule has 18 heavy (non-hydrogen) atoms. The summed E-state index contributed by atoms with van der Waals surface area (Å²) >= 11 is 3.63. The van der Waals surface area contributed by atoms with Crippen LogP contribution in [-0.4, -0.2) is 34.7 Å². The summed E-state index contributed by atoms with van der Waals surface area (Å²) < 4.78 is 1.26. The van der Waals surface area contributed by atoms with Crippen LogP contribution in [0.25, 0.3) is 10.2 Å². The van der Waals surface area contributed by atoms with Crippen molar-refractivity contribution >= 4 is 33.3 Å². The van der Waals surface area contributed by atoms with E-state index in [9.17, 15) is 0 Å². The van der Waals surface area contributed by atoms with Crippen molar-refractivity contribution in [3.63, 3.8) is 0 Å². The lowest BCUT2D eigenvalue weighted by Gasteiger charge is -2.01. The van der Waals surface area contributed by atoms with Crippen LogP contribution in [0.4, 0.5) is 0 Å². The standard InChI is InChI=1S/C13H18N2OS2/c16-7-3-8-17-9-6-14-10-13-15-11-4-1-2-5-12(11)18-13/h1-2,4-5,14,16H,3,6-10H2. The van der Waals surface area contributed by atoms with Gasteiger partial charge >= 0.3 is 0 Å². The van der Waals surface area contributed by atoms with Gasteiger partial charge in [-0.15, -0.1) is 11.3 Å². The number of fused-ring (bicyclic) bond motifs is 1. The normalized spacial score (nSPS) is 11.2. The summed E-state index contributed by atoms with van der Waals surface area (Å²) in [7, 11) is 0. The SMILES string of the molecule is OCCCSCCNCc1nc2ccccc2s1. The predicted molar refractivity (Wildman–Crippen MR) is 80.4 cm³/mol. The summed E-state index contributed by atoms with van der Waals surface area (Å²) in [5.41, 5.74) is 1.09. The number of aliphatic hydroxyl groups is 1. The molecule has 3 nitrogen and oxygen atoms in total. The summed E-state index contributed by atoms with van der Waals surface area (Å²) in [6.07, 6.45) is 0.891. The fourth-order valence-electron chi connectivity index (χ4n) is 1.60. The Balaban J connectivity index is 1.67. The molecule has 0 atom stereocenters. The Kier molecular flexibility index (Phi) is 5.93. The fraction of sp³-hybridized carbons (Fsp3) is 0.462. The van der Waals surface area contributed by atoms with E-state index >= 15 is 0 Å². The molecule has 0 saturated carbocycles. The van der Waals surface area contributed by atoms with Crippen LogP contribution in [-0.2, 0) is 6.54 Å². The van der Waals surface area contributed by atoms with Gasteiger partial charge in [0.15, 0.2) is 0 Å². The minimum absolute atomic E-state index is 0.298. The van der Waals surface area contributed by atoms with Gasteiger partial charge in [0.2, 0.25) is 0 Å². The van der Waals surface area contributed by atoms with Gasteiger partial charge in [-0.25, -0.2) is 4.98 Å². The molecular weight excluding hydrogens is 264 g/mol. The van der Waals surface area contributed by atoms with E-state index in [1.54, 1.807) is 11.3 Å². The van der Waals surface area contributed by atoms with Gasteiger partial charge in [-0.3, -0.25) is 0 Å². The second-order valence-electron chi connectivity index (χ2n) is 3.94. The molecule has 0 spiro atoms. The molecule has 0 bridgehead atoms. The summed E-state index contributed by atoms with van der Waals surface area (Å²) in [5.74, 6) is 2.13. The molecule has 2 N–H and O–H groups in total. The van der Waals surface area contributed by atoms with Crippen molar-refractivity contribution in [2.75, 3.05) is 24.7 Å². The van der Waals surface area contributed by atoms with Crippen LogP contribution < -0.4 is 5.32 Å². The quantitative estimate of drug-likeness (QED) is 0.730. The number of nitrogens with one attached hydrogen (secondary N) is 1. The average molecular weight is 282 g/mol. The van der Waals surface area contributed by atoms with E-state index in [-0.39, 0.29) is 0 Å². The number of hydrogen-bond donors (Lipinski definition) is 2. The zero-order valence-corrected chi connectivity index (χ0v) is 11.9. The number of nitrogens with zero attached hydrogens (tertiary/aromatic N) is 1. The third-order valence-corrected chi connectivity index (χ3v) is 4.59. The fourth-order valence-corrected chi connectivity index (χ4v) is 3.37. The minimum atomic E-state index is 0.298. The third kappa shape index (κ3) is 4.24. The number of para-hydroxylation sites is 1. The van der Waals surface area contributed by atoms with Crippen LogP contribution in [0.15, 0.2) is 24.3 Å². The summed E-state index contributed by atoms with van der Waals surface area (Å²) in [4.78, 5) is 4.58. The predicted octanol–water partition coefficient (Wildman–Crippen LogP) is 2.50. The maximum atomic E-state index is 8.65. The zero-order valence-electron chi connectivity index (χ0n) is 10.3. The molecule has 2 aromatic rings. The lowest BCUT2D eigenvalue weighted by atomic mass is 10.3. The summed E-state index contributed by atoms with van der Waals surface area (Å²) in [5, 5.41) is 13.2. The molecule has 5 heteroatoms. The van der Waals surface area contributed by atoms with Crippen LogP contribution in [0.1, 0.15) is 11.4 Å². The van der Waals surface area contributed by atoms with Gasteiger partial charge < -0.3 is 10.4 Å². The van der Waals surface area contributed by atoms with Crippen molar-refractivity contribution in [2.45, 2.75) is 13.0 Å². The summed E-state index contributed by atoms with van der Waals surface area (Å²) in [6, 6.07) is 8.24. The highest BCUT2D eigenvalue weighted by Crippen LogP contribution is 2.21. The number of thiazole rings is 1. The van der Waals surface area contributed by atoms with Gasteiger partial charge in [0.1, 0.15) is 5.01 Å². The van der Waals surface area contributed by atoms with E-state index in [0.29, 0.717) is 6.61 Å². The molecule has 0 radical (unpaired) electrons. The molecule has 0 aliphatic heterocycles. The van der Waals surface area contributed by atoms with Crippen molar-refractivity contribution in [3.05, 3.63) is 29.3 Å². The summed E-state index contributed by atoms with van der Waals surface area (Å²) in [6.45, 7) is 2.14. The van der Waals surface area contributed by atoms with Crippen LogP contribution in [0.3, 0.4) is 0 Å². The Morgan fingerprint density at radius 1 is 1.28 bits per heavy atom. The van der Waals surface area contributed by atoms with Crippen molar-refractivity contribution in [1.29, 1.82) is 0 Å². The average Bonchev–Trinajstić information content (AvgIpc) is 2.80. The minimum Gasteiger partial charge on any atom is -0.396 e. The Labute approximate surface area is 116 Å².